The Hall–Kier alpha value is -2.92. The number of nitrogen functional groups attached to an aromatic ring is 1. The Morgan fingerprint density at radius 1 is 1.18 bits per heavy atom. The van der Waals surface area contributed by atoms with Crippen molar-refractivity contribution in [1.29, 1.82) is 0 Å². The summed E-state index contributed by atoms with van der Waals surface area (Å²) >= 11 is 0. The average molecular weight is 478 g/mol. The molecule has 1 aliphatic rings. The highest BCUT2D eigenvalue weighted by atomic mass is 32.2. The lowest BCUT2D eigenvalue weighted by atomic mass is 10.1. The molecule has 180 valence electrons. The number of hydrogen-bond donors (Lipinski definition) is 2. The van der Waals surface area contributed by atoms with E-state index in [4.69, 9.17) is 5.73 Å². The van der Waals surface area contributed by atoms with E-state index in [9.17, 15) is 22.8 Å². The van der Waals surface area contributed by atoms with Crippen LogP contribution in [0, 0.1) is 6.92 Å². The van der Waals surface area contributed by atoms with Gasteiger partial charge in [0.1, 0.15) is 5.82 Å². The van der Waals surface area contributed by atoms with Crippen LogP contribution >= 0.6 is 0 Å². The molecule has 3 N–H and O–H groups in total. The molecule has 1 saturated heterocycles. The molecule has 0 radical (unpaired) electrons. The van der Waals surface area contributed by atoms with Crippen molar-refractivity contribution < 1.29 is 13.2 Å². The largest absolute Gasteiger partial charge is 0.383 e. The number of unbranched alkanes of at least 4 members (excludes halogenated alkanes) is 1. The first-order valence-electron chi connectivity index (χ1n) is 11.1. The van der Waals surface area contributed by atoms with Crippen LogP contribution in [-0.4, -0.2) is 48.3 Å². The Morgan fingerprint density at radius 3 is 2.48 bits per heavy atom. The fraction of sp³-hybridized carbons (Fsp3) is 0.500. The number of benzene rings is 1. The molecular formula is C22H31N5O5S. The van der Waals surface area contributed by atoms with Gasteiger partial charge in [-0.3, -0.25) is 19.1 Å². The van der Waals surface area contributed by atoms with E-state index in [0.717, 1.165) is 30.6 Å². The van der Waals surface area contributed by atoms with Crippen molar-refractivity contribution in [3.05, 3.63) is 50.2 Å². The van der Waals surface area contributed by atoms with Gasteiger partial charge in [-0.25, -0.2) is 13.2 Å². The summed E-state index contributed by atoms with van der Waals surface area (Å²) in [6.45, 7) is 4.84. The van der Waals surface area contributed by atoms with E-state index in [0.29, 0.717) is 31.6 Å². The van der Waals surface area contributed by atoms with Gasteiger partial charge in [-0.05, 0) is 43.9 Å². The molecule has 1 aromatic heterocycles. The van der Waals surface area contributed by atoms with Gasteiger partial charge in [-0.15, -0.1) is 0 Å². The Balaban J connectivity index is 2.02. The number of nitrogens with zero attached hydrogens (tertiary/aromatic N) is 3. The molecule has 1 aliphatic heterocycles. The van der Waals surface area contributed by atoms with Crippen LogP contribution in [0.3, 0.4) is 0 Å². The number of hydrogen-bond acceptors (Lipinski definition) is 6. The Morgan fingerprint density at radius 2 is 1.85 bits per heavy atom. The molecule has 1 fully saturated rings. The molecule has 0 unspecified atom stereocenters. The maximum atomic E-state index is 13.4. The summed E-state index contributed by atoms with van der Waals surface area (Å²) in [6.07, 6.45) is 4.07. The zero-order valence-electron chi connectivity index (χ0n) is 19.3. The molecule has 0 atom stereocenters. The summed E-state index contributed by atoms with van der Waals surface area (Å²) < 4.78 is 28.9. The molecule has 10 nitrogen and oxygen atoms in total. The maximum Gasteiger partial charge on any atom is 0.330 e. The number of nitrogens with two attached hydrogens (primary N) is 1. The van der Waals surface area contributed by atoms with Crippen molar-refractivity contribution >= 4 is 27.4 Å². The van der Waals surface area contributed by atoms with E-state index in [1.807, 2.05) is 6.92 Å². The average Bonchev–Trinajstić information content (AvgIpc) is 2.79. The van der Waals surface area contributed by atoms with Crippen LogP contribution in [0.25, 0.3) is 0 Å². The molecular weight excluding hydrogens is 446 g/mol. The van der Waals surface area contributed by atoms with Crippen LogP contribution in [0.1, 0.15) is 54.9 Å². The van der Waals surface area contributed by atoms with Crippen molar-refractivity contribution in [1.82, 2.24) is 13.9 Å². The molecule has 11 heteroatoms. The minimum absolute atomic E-state index is 0.0292. The summed E-state index contributed by atoms with van der Waals surface area (Å²) in [6, 6.07) is 4.41. The van der Waals surface area contributed by atoms with Crippen molar-refractivity contribution in [2.24, 2.45) is 0 Å². The van der Waals surface area contributed by atoms with Crippen LogP contribution in [0.5, 0.6) is 0 Å². The second-order valence-corrected chi connectivity index (χ2v) is 10.2. The highest BCUT2D eigenvalue weighted by molar-refractivity contribution is 7.89. The Labute approximate surface area is 193 Å². The summed E-state index contributed by atoms with van der Waals surface area (Å²) in [5, 5.41) is 0. The minimum atomic E-state index is -3.74. The predicted octanol–water partition coefficient (Wildman–Crippen LogP) is 1.68. The third-order valence-corrected chi connectivity index (χ3v) is 7.88. The smallest absolute Gasteiger partial charge is 0.330 e. The van der Waals surface area contributed by atoms with Gasteiger partial charge in [0, 0.05) is 32.2 Å². The number of carbonyl (C=O) groups excluding carboxylic acids is 1. The van der Waals surface area contributed by atoms with Gasteiger partial charge in [-0.1, -0.05) is 25.8 Å². The molecule has 0 aliphatic carbocycles. The molecule has 1 aromatic carbocycles. The van der Waals surface area contributed by atoms with Crippen LogP contribution < -0.4 is 21.9 Å². The minimum Gasteiger partial charge on any atom is -0.383 e. The number of aromatic nitrogens is 2. The van der Waals surface area contributed by atoms with Crippen molar-refractivity contribution in [2.75, 3.05) is 30.8 Å². The van der Waals surface area contributed by atoms with Gasteiger partial charge in [0.25, 0.3) is 11.5 Å². The van der Waals surface area contributed by atoms with Crippen LogP contribution in [-0.2, 0) is 16.6 Å². The first-order valence-corrected chi connectivity index (χ1v) is 12.5. The third kappa shape index (κ3) is 4.88. The molecule has 33 heavy (non-hydrogen) atoms. The zero-order chi connectivity index (χ0) is 24.3. The number of amides is 1. The number of piperidine rings is 1. The number of anilines is 2. The van der Waals surface area contributed by atoms with Gasteiger partial charge in [-0.2, -0.15) is 4.31 Å². The van der Waals surface area contributed by atoms with Crippen molar-refractivity contribution in [3.63, 3.8) is 0 Å². The highest BCUT2D eigenvalue weighted by Gasteiger charge is 2.28. The number of nitrogens with one attached hydrogen (secondary N) is 1. The molecule has 3 rings (SSSR count). The van der Waals surface area contributed by atoms with Gasteiger partial charge in [0.15, 0.2) is 5.69 Å². The summed E-state index contributed by atoms with van der Waals surface area (Å²) in [4.78, 5) is 41.4. The van der Waals surface area contributed by atoms with Crippen molar-refractivity contribution in [2.45, 2.75) is 57.4 Å². The fourth-order valence-corrected chi connectivity index (χ4v) is 5.51. The molecule has 0 saturated carbocycles. The first kappa shape index (κ1) is 24.7. The summed E-state index contributed by atoms with van der Waals surface area (Å²) in [5.41, 5.74) is 5.25. The van der Waals surface area contributed by atoms with Crippen LogP contribution in [0.15, 0.2) is 32.7 Å². The number of carbonyl (C=O) groups is 1. The van der Waals surface area contributed by atoms with E-state index in [-0.39, 0.29) is 22.0 Å². The van der Waals surface area contributed by atoms with Crippen molar-refractivity contribution in [3.8, 4) is 0 Å². The van der Waals surface area contributed by atoms with E-state index < -0.39 is 27.2 Å². The topological polar surface area (TPSA) is 139 Å². The number of aryl methyl sites for hydroxylation is 1. The second kappa shape index (κ2) is 9.92. The normalized spacial score (nSPS) is 14.9. The van der Waals surface area contributed by atoms with E-state index >= 15 is 0 Å². The lowest BCUT2D eigenvalue weighted by Gasteiger charge is -2.26. The van der Waals surface area contributed by atoms with Gasteiger partial charge < -0.3 is 10.6 Å². The highest BCUT2D eigenvalue weighted by Crippen LogP contribution is 2.25. The monoisotopic (exact) mass is 477 g/mol. The lowest BCUT2D eigenvalue weighted by Crippen LogP contribution is -2.39. The molecule has 1 amide bonds. The Kier molecular flexibility index (Phi) is 7.43. The first-order chi connectivity index (χ1) is 15.6. The molecule has 2 aromatic rings. The van der Waals surface area contributed by atoms with E-state index in [1.54, 1.807) is 13.0 Å². The Bertz CT molecular complexity index is 1260. The van der Waals surface area contributed by atoms with E-state index in [2.05, 4.69) is 4.98 Å². The summed E-state index contributed by atoms with van der Waals surface area (Å²) in [5.74, 6) is -0.705. The number of aromatic amines is 1. The summed E-state index contributed by atoms with van der Waals surface area (Å²) in [7, 11) is -2.36. The van der Waals surface area contributed by atoms with Gasteiger partial charge in [0.2, 0.25) is 10.0 Å². The zero-order valence-corrected chi connectivity index (χ0v) is 20.1. The lowest BCUT2D eigenvalue weighted by molar-refractivity contribution is 0.0992. The molecule has 0 spiro atoms. The second-order valence-electron chi connectivity index (χ2n) is 8.30. The standard InChI is InChI=1S/C22H31N5O5S/c1-4-5-13-27-19(23)18(20(28)24-22(27)30)25(3)21(29)17-14-16(10-9-15(17)2)33(31,32)26-11-7-6-8-12-26/h9-10,14H,4-8,11-13,23H2,1-3H3,(H,24,28,30). The fourth-order valence-electron chi connectivity index (χ4n) is 3.97. The number of rotatable bonds is 7. The van der Waals surface area contributed by atoms with Gasteiger partial charge >= 0.3 is 5.69 Å². The number of sulfonamides is 1. The van der Waals surface area contributed by atoms with Gasteiger partial charge in [0.05, 0.1) is 4.90 Å². The predicted molar refractivity (Wildman–Crippen MR) is 127 cm³/mol. The SMILES string of the molecule is CCCCn1c(N)c(N(C)C(=O)c2cc(S(=O)(=O)N3CCCCC3)ccc2C)c(=O)[nH]c1=O. The third-order valence-electron chi connectivity index (χ3n) is 5.98. The van der Waals surface area contributed by atoms with Crippen LogP contribution in [0.4, 0.5) is 11.5 Å². The quantitative estimate of drug-likeness (QED) is 0.622. The molecule has 0 bridgehead atoms. The molecule has 2 heterocycles. The maximum absolute atomic E-state index is 13.4. The number of H-pyrrole nitrogens is 1. The van der Waals surface area contributed by atoms with E-state index in [1.165, 1.54) is 28.1 Å². The van der Waals surface area contributed by atoms with Crippen LogP contribution in [0.2, 0.25) is 0 Å².